The molecule has 0 atom stereocenters. The number of pyridine rings is 2. The van der Waals surface area contributed by atoms with E-state index >= 15 is 0 Å². The van der Waals surface area contributed by atoms with Crippen molar-refractivity contribution in [2.45, 2.75) is 19.9 Å². The first-order chi connectivity index (χ1) is 15.9. The number of benzene rings is 1. The Kier molecular flexibility index (Phi) is 5.12. The van der Waals surface area contributed by atoms with E-state index in [0.29, 0.717) is 36.2 Å². The summed E-state index contributed by atoms with van der Waals surface area (Å²) >= 11 is 0. The maximum atomic E-state index is 13.7. The number of hydrogen-bond acceptors (Lipinski definition) is 5. The van der Waals surface area contributed by atoms with Crippen LogP contribution in [0.1, 0.15) is 24.6 Å². The van der Waals surface area contributed by atoms with Crippen molar-refractivity contribution in [1.29, 1.82) is 0 Å². The summed E-state index contributed by atoms with van der Waals surface area (Å²) in [6.07, 6.45) is 0.433. The first kappa shape index (κ1) is 20.8. The van der Waals surface area contributed by atoms with Gasteiger partial charge in [-0.05, 0) is 43.3 Å². The third kappa shape index (κ3) is 3.73. The molecule has 0 saturated carbocycles. The number of carbonyl (C=O) groups excluding carboxylic acids is 1. The third-order valence-electron chi connectivity index (χ3n) is 5.35. The predicted octanol–water partition coefficient (Wildman–Crippen LogP) is 4.98. The summed E-state index contributed by atoms with van der Waals surface area (Å²) in [4.78, 5) is 25.0. The minimum Gasteiger partial charge on any atom is -0.478 e. The molecular weight excluding hydrogens is 430 g/mol. The SMILES string of the molecule is CCOc1ccc2c(n1)N(c1ccc(C(F)F)nc1)C(=O)N(c1ccc3nn(C)cc3c1)C2. The lowest BCUT2D eigenvalue weighted by Crippen LogP contribution is -2.45. The van der Waals surface area contributed by atoms with Gasteiger partial charge in [-0.2, -0.15) is 10.1 Å². The van der Waals surface area contributed by atoms with E-state index in [1.54, 1.807) is 15.6 Å². The van der Waals surface area contributed by atoms with Crippen LogP contribution in [-0.4, -0.2) is 32.4 Å². The molecule has 10 heteroatoms. The molecule has 0 N–H and O–H groups in total. The second kappa shape index (κ2) is 8.12. The predicted molar refractivity (Wildman–Crippen MR) is 119 cm³/mol. The summed E-state index contributed by atoms with van der Waals surface area (Å²) in [6.45, 7) is 2.55. The van der Waals surface area contributed by atoms with Crippen LogP contribution in [-0.2, 0) is 13.6 Å². The number of alkyl halides is 2. The minimum absolute atomic E-state index is 0.290. The zero-order chi connectivity index (χ0) is 23.1. The van der Waals surface area contributed by atoms with Gasteiger partial charge in [-0.3, -0.25) is 14.6 Å². The molecule has 4 heterocycles. The van der Waals surface area contributed by atoms with Crippen LogP contribution in [0.25, 0.3) is 10.9 Å². The second-order valence-corrected chi connectivity index (χ2v) is 7.56. The number of hydrogen-bond donors (Lipinski definition) is 0. The maximum absolute atomic E-state index is 13.7. The molecule has 5 rings (SSSR count). The number of ether oxygens (including phenoxy) is 1. The average molecular weight is 450 g/mol. The second-order valence-electron chi connectivity index (χ2n) is 7.56. The number of carbonyl (C=O) groups is 1. The van der Waals surface area contributed by atoms with Gasteiger partial charge in [0.1, 0.15) is 11.5 Å². The van der Waals surface area contributed by atoms with E-state index in [4.69, 9.17) is 4.74 Å². The molecule has 0 fully saturated rings. The maximum Gasteiger partial charge on any atom is 0.335 e. The van der Waals surface area contributed by atoms with E-state index in [2.05, 4.69) is 15.1 Å². The number of rotatable bonds is 5. The Morgan fingerprint density at radius 2 is 1.94 bits per heavy atom. The monoisotopic (exact) mass is 450 g/mol. The number of aryl methyl sites for hydroxylation is 1. The largest absolute Gasteiger partial charge is 0.478 e. The van der Waals surface area contributed by atoms with Crippen molar-refractivity contribution >= 4 is 34.1 Å². The van der Waals surface area contributed by atoms with Crippen molar-refractivity contribution in [2.24, 2.45) is 7.05 Å². The summed E-state index contributed by atoms with van der Waals surface area (Å²) in [5, 5.41) is 5.27. The van der Waals surface area contributed by atoms with Gasteiger partial charge in [0.25, 0.3) is 6.43 Å². The summed E-state index contributed by atoms with van der Waals surface area (Å²) in [7, 11) is 1.83. The third-order valence-corrected chi connectivity index (χ3v) is 5.35. The molecule has 0 saturated heterocycles. The van der Waals surface area contributed by atoms with Gasteiger partial charge in [-0.1, -0.05) is 0 Å². The van der Waals surface area contributed by atoms with Gasteiger partial charge in [0, 0.05) is 35.9 Å². The Morgan fingerprint density at radius 3 is 2.67 bits per heavy atom. The standard InChI is InChI=1S/C23H20F2N6O2/c1-3-33-20-9-4-14-13-30(16-5-7-18-15(10-16)12-29(2)28-18)23(32)31(22(14)27-20)17-6-8-19(21(24)25)26-11-17/h4-12,21H,3,13H2,1-2H3. The smallest absolute Gasteiger partial charge is 0.335 e. The molecule has 1 aliphatic heterocycles. The van der Waals surface area contributed by atoms with E-state index in [1.165, 1.54) is 23.2 Å². The quantitative estimate of drug-likeness (QED) is 0.429. The lowest BCUT2D eigenvalue weighted by molar-refractivity contribution is 0.146. The number of anilines is 3. The molecule has 0 bridgehead atoms. The highest BCUT2D eigenvalue weighted by atomic mass is 19.3. The van der Waals surface area contributed by atoms with Gasteiger partial charge in [0.2, 0.25) is 5.88 Å². The van der Waals surface area contributed by atoms with E-state index in [1.807, 2.05) is 44.4 Å². The molecule has 2 amide bonds. The van der Waals surface area contributed by atoms with Crippen molar-refractivity contribution in [3.63, 3.8) is 0 Å². The lowest BCUT2D eigenvalue weighted by atomic mass is 10.1. The van der Waals surface area contributed by atoms with Gasteiger partial charge in [0.15, 0.2) is 0 Å². The zero-order valence-electron chi connectivity index (χ0n) is 17.9. The van der Waals surface area contributed by atoms with Crippen molar-refractivity contribution in [3.8, 4) is 5.88 Å². The van der Waals surface area contributed by atoms with Crippen molar-refractivity contribution < 1.29 is 18.3 Å². The van der Waals surface area contributed by atoms with Crippen LogP contribution in [0.15, 0.2) is 54.9 Å². The van der Waals surface area contributed by atoms with E-state index in [-0.39, 0.29) is 11.7 Å². The van der Waals surface area contributed by atoms with Crippen LogP contribution < -0.4 is 14.5 Å². The average Bonchev–Trinajstić information content (AvgIpc) is 3.18. The Balaban J connectivity index is 1.61. The van der Waals surface area contributed by atoms with Crippen molar-refractivity contribution in [2.75, 3.05) is 16.4 Å². The molecule has 1 aromatic carbocycles. The van der Waals surface area contributed by atoms with Gasteiger partial charge in [0.05, 0.1) is 30.6 Å². The molecule has 1 aliphatic rings. The summed E-state index contributed by atoms with van der Waals surface area (Å²) < 4.78 is 33.3. The molecule has 0 unspecified atom stereocenters. The molecule has 0 spiro atoms. The molecule has 168 valence electrons. The molecule has 33 heavy (non-hydrogen) atoms. The molecule has 3 aromatic heterocycles. The number of amides is 2. The normalized spacial score (nSPS) is 13.7. The number of aromatic nitrogens is 4. The molecule has 0 aliphatic carbocycles. The van der Waals surface area contributed by atoms with E-state index in [9.17, 15) is 13.6 Å². The van der Waals surface area contributed by atoms with Crippen LogP contribution in [0, 0.1) is 0 Å². The molecular formula is C23H20F2N6O2. The highest BCUT2D eigenvalue weighted by Crippen LogP contribution is 2.37. The van der Waals surface area contributed by atoms with E-state index < -0.39 is 6.43 Å². The fourth-order valence-electron chi connectivity index (χ4n) is 3.85. The van der Waals surface area contributed by atoms with Crippen LogP contribution in [0.4, 0.5) is 30.8 Å². The van der Waals surface area contributed by atoms with Crippen LogP contribution >= 0.6 is 0 Å². The summed E-state index contributed by atoms with van der Waals surface area (Å²) in [5.41, 5.74) is 2.25. The molecule has 8 nitrogen and oxygen atoms in total. The van der Waals surface area contributed by atoms with Crippen molar-refractivity contribution in [1.82, 2.24) is 19.7 Å². The lowest BCUT2D eigenvalue weighted by Gasteiger charge is -2.36. The Labute approximate surface area is 188 Å². The number of halogens is 2. The van der Waals surface area contributed by atoms with Gasteiger partial charge >= 0.3 is 6.03 Å². The number of fused-ring (bicyclic) bond motifs is 2. The van der Waals surface area contributed by atoms with Crippen LogP contribution in [0.3, 0.4) is 0 Å². The van der Waals surface area contributed by atoms with Gasteiger partial charge in [-0.15, -0.1) is 0 Å². The Morgan fingerprint density at radius 1 is 1.12 bits per heavy atom. The minimum atomic E-state index is -2.70. The first-order valence-electron chi connectivity index (χ1n) is 10.4. The van der Waals surface area contributed by atoms with Gasteiger partial charge < -0.3 is 4.74 Å². The Bertz CT molecular complexity index is 1340. The highest BCUT2D eigenvalue weighted by Gasteiger charge is 2.34. The number of nitrogens with zero attached hydrogens (tertiary/aromatic N) is 6. The van der Waals surface area contributed by atoms with Crippen LogP contribution in [0.2, 0.25) is 0 Å². The highest BCUT2D eigenvalue weighted by molar-refractivity contribution is 6.10. The first-order valence-corrected chi connectivity index (χ1v) is 10.4. The molecule has 0 radical (unpaired) electrons. The van der Waals surface area contributed by atoms with Crippen molar-refractivity contribution in [3.05, 3.63) is 66.1 Å². The van der Waals surface area contributed by atoms with Gasteiger partial charge in [-0.25, -0.2) is 18.5 Å². The summed E-state index contributed by atoms with van der Waals surface area (Å²) in [5.74, 6) is 0.757. The topological polar surface area (TPSA) is 76.4 Å². The fourth-order valence-corrected chi connectivity index (χ4v) is 3.85. The van der Waals surface area contributed by atoms with Crippen LogP contribution in [0.5, 0.6) is 5.88 Å². The molecule has 4 aromatic rings. The number of urea groups is 1. The summed E-state index contributed by atoms with van der Waals surface area (Å²) in [6, 6.07) is 11.4. The Hall–Kier alpha value is -4.08. The fraction of sp³-hybridized carbons (Fsp3) is 0.217. The van der Waals surface area contributed by atoms with E-state index in [0.717, 1.165) is 16.5 Å². The zero-order valence-corrected chi connectivity index (χ0v) is 17.9.